The number of thiocarbonyl (C=S) groups is 1. The van der Waals surface area contributed by atoms with Gasteiger partial charge in [-0.3, -0.25) is 4.79 Å². The number of rotatable bonds is 7. The summed E-state index contributed by atoms with van der Waals surface area (Å²) < 4.78 is 5.36. The molecule has 1 amide bonds. The second-order valence-corrected chi connectivity index (χ2v) is 5.00. The van der Waals surface area contributed by atoms with Gasteiger partial charge in [0.2, 0.25) is 5.91 Å². The van der Waals surface area contributed by atoms with Gasteiger partial charge in [-0.2, -0.15) is 0 Å². The van der Waals surface area contributed by atoms with Crippen LogP contribution >= 0.6 is 12.2 Å². The highest BCUT2D eigenvalue weighted by atomic mass is 32.1. The Hall–Kier alpha value is -1.62. The Labute approximate surface area is 125 Å². The van der Waals surface area contributed by atoms with E-state index in [9.17, 15) is 4.79 Å². The molecule has 1 rings (SSSR count). The second kappa shape index (κ2) is 7.24. The van der Waals surface area contributed by atoms with Crippen LogP contribution in [0.3, 0.4) is 0 Å². The van der Waals surface area contributed by atoms with Gasteiger partial charge in [0.25, 0.3) is 0 Å². The van der Waals surface area contributed by atoms with Crippen molar-refractivity contribution in [2.24, 2.45) is 11.1 Å². The summed E-state index contributed by atoms with van der Waals surface area (Å²) >= 11 is 5.07. The fraction of sp³-hybridized carbons (Fsp3) is 0.467. The zero-order chi connectivity index (χ0) is 15.2. The van der Waals surface area contributed by atoms with Crippen LogP contribution in [0.4, 0.5) is 5.69 Å². The van der Waals surface area contributed by atoms with Crippen molar-refractivity contribution in [3.63, 3.8) is 0 Å². The average molecular weight is 294 g/mol. The maximum atomic E-state index is 12.4. The molecule has 0 aliphatic rings. The number of benzene rings is 1. The molecule has 4 nitrogen and oxygen atoms in total. The summed E-state index contributed by atoms with van der Waals surface area (Å²) in [6.07, 6.45) is 1.17. The predicted molar refractivity (Wildman–Crippen MR) is 86.0 cm³/mol. The Kier molecular flexibility index (Phi) is 5.95. The van der Waals surface area contributed by atoms with Crippen molar-refractivity contribution in [2.75, 3.05) is 11.9 Å². The van der Waals surface area contributed by atoms with E-state index in [0.717, 1.165) is 5.75 Å². The molecule has 0 aliphatic carbocycles. The van der Waals surface area contributed by atoms with Crippen molar-refractivity contribution in [2.45, 2.75) is 33.6 Å². The van der Waals surface area contributed by atoms with Crippen LogP contribution in [0.5, 0.6) is 5.75 Å². The van der Waals surface area contributed by atoms with Crippen molar-refractivity contribution < 1.29 is 9.53 Å². The molecule has 1 aromatic carbocycles. The third-order valence-electron chi connectivity index (χ3n) is 3.54. The van der Waals surface area contributed by atoms with E-state index < -0.39 is 5.41 Å². The van der Waals surface area contributed by atoms with Crippen LogP contribution in [0.25, 0.3) is 0 Å². The standard InChI is InChI=1S/C15H22N2O2S/c1-4-15(5-2,13(16)20)14(18)17-11-7-9-12(10-8-11)19-6-3/h7-10H,4-6H2,1-3H3,(H2,16,20)(H,17,18). The minimum atomic E-state index is -0.784. The lowest BCUT2D eigenvalue weighted by Crippen LogP contribution is -2.45. The van der Waals surface area contributed by atoms with Gasteiger partial charge in [-0.25, -0.2) is 0 Å². The number of carbonyl (C=O) groups excluding carboxylic acids is 1. The molecule has 110 valence electrons. The Bertz CT molecular complexity index is 467. The molecule has 0 heterocycles. The third-order valence-corrected chi connectivity index (χ3v) is 3.93. The molecule has 0 radical (unpaired) electrons. The van der Waals surface area contributed by atoms with Crippen molar-refractivity contribution >= 4 is 28.8 Å². The highest BCUT2D eigenvalue weighted by molar-refractivity contribution is 7.80. The topological polar surface area (TPSA) is 64.3 Å². The predicted octanol–water partition coefficient (Wildman–Crippen LogP) is 3.12. The summed E-state index contributed by atoms with van der Waals surface area (Å²) in [7, 11) is 0. The van der Waals surface area contributed by atoms with Crippen molar-refractivity contribution in [3.8, 4) is 5.75 Å². The van der Waals surface area contributed by atoms with E-state index in [1.807, 2.05) is 32.9 Å². The first kappa shape index (κ1) is 16.4. The van der Waals surface area contributed by atoms with Gasteiger partial charge in [-0.15, -0.1) is 0 Å². The molecule has 3 N–H and O–H groups in total. The van der Waals surface area contributed by atoms with E-state index in [0.29, 0.717) is 25.1 Å². The quantitative estimate of drug-likeness (QED) is 0.758. The normalized spacial score (nSPS) is 10.9. The average Bonchev–Trinajstić information content (AvgIpc) is 2.43. The Morgan fingerprint density at radius 3 is 2.20 bits per heavy atom. The van der Waals surface area contributed by atoms with E-state index in [2.05, 4.69) is 5.32 Å². The zero-order valence-corrected chi connectivity index (χ0v) is 13.0. The molecule has 1 aromatic rings. The number of amides is 1. The van der Waals surface area contributed by atoms with Crippen LogP contribution in [0.15, 0.2) is 24.3 Å². The number of nitrogens with one attached hydrogen (secondary N) is 1. The molecule has 0 aromatic heterocycles. The highest BCUT2D eigenvalue weighted by Crippen LogP contribution is 2.29. The van der Waals surface area contributed by atoms with Crippen LogP contribution in [0.2, 0.25) is 0 Å². The van der Waals surface area contributed by atoms with Gasteiger partial charge in [0.1, 0.15) is 5.75 Å². The largest absolute Gasteiger partial charge is 0.494 e. The summed E-state index contributed by atoms with van der Waals surface area (Å²) in [4.78, 5) is 12.7. The van der Waals surface area contributed by atoms with Crippen molar-refractivity contribution in [3.05, 3.63) is 24.3 Å². The highest BCUT2D eigenvalue weighted by Gasteiger charge is 2.38. The molecule has 20 heavy (non-hydrogen) atoms. The van der Waals surface area contributed by atoms with Crippen LogP contribution in [0.1, 0.15) is 33.6 Å². The number of carbonyl (C=O) groups is 1. The Balaban J connectivity index is 2.86. The van der Waals surface area contributed by atoms with Gasteiger partial charge in [0.05, 0.1) is 17.0 Å². The third kappa shape index (κ3) is 3.48. The lowest BCUT2D eigenvalue weighted by Gasteiger charge is -2.28. The molecule has 0 spiro atoms. The number of anilines is 1. The van der Waals surface area contributed by atoms with E-state index in [-0.39, 0.29) is 10.9 Å². The first-order chi connectivity index (χ1) is 9.50. The van der Waals surface area contributed by atoms with Gasteiger partial charge in [0, 0.05) is 5.69 Å². The van der Waals surface area contributed by atoms with Gasteiger partial charge in [-0.05, 0) is 44.0 Å². The van der Waals surface area contributed by atoms with E-state index >= 15 is 0 Å². The van der Waals surface area contributed by atoms with E-state index in [4.69, 9.17) is 22.7 Å². The van der Waals surface area contributed by atoms with Crippen LogP contribution in [-0.4, -0.2) is 17.5 Å². The summed E-state index contributed by atoms with van der Waals surface area (Å²) in [6.45, 7) is 6.37. The molecule has 0 atom stereocenters. The van der Waals surface area contributed by atoms with Crippen LogP contribution < -0.4 is 15.8 Å². The number of hydrogen-bond donors (Lipinski definition) is 2. The van der Waals surface area contributed by atoms with Gasteiger partial charge < -0.3 is 15.8 Å². The van der Waals surface area contributed by atoms with Gasteiger partial charge in [0.15, 0.2) is 0 Å². The molecule has 0 unspecified atom stereocenters. The van der Waals surface area contributed by atoms with E-state index in [1.54, 1.807) is 12.1 Å². The van der Waals surface area contributed by atoms with Gasteiger partial charge >= 0.3 is 0 Å². The summed E-state index contributed by atoms with van der Waals surface area (Å²) in [5.41, 5.74) is 5.69. The monoisotopic (exact) mass is 294 g/mol. The van der Waals surface area contributed by atoms with Crippen molar-refractivity contribution in [1.29, 1.82) is 0 Å². The summed E-state index contributed by atoms with van der Waals surface area (Å²) in [6, 6.07) is 7.25. The molecular formula is C15H22N2O2S. The number of hydrogen-bond acceptors (Lipinski definition) is 3. The molecule has 5 heteroatoms. The number of nitrogens with two attached hydrogens (primary N) is 1. The minimum absolute atomic E-state index is 0.154. The lowest BCUT2D eigenvalue weighted by molar-refractivity contribution is -0.122. The SMILES string of the molecule is CCOc1ccc(NC(=O)C(CC)(CC)C(N)=S)cc1. The summed E-state index contributed by atoms with van der Waals surface area (Å²) in [5, 5.41) is 2.87. The fourth-order valence-electron chi connectivity index (χ4n) is 2.08. The van der Waals surface area contributed by atoms with Crippen LogP contribution in [-0.2, 0) is 4.79 Å². The van der Waals surface area contributed by atoms with E-state index in [1.165, 1.54) is 0 Å². The van der Waals surface area contributed by atoms with Crippen molar-refractivity contribution in [1.82, 2.24) is 0 Å². The Morgan fingerprint density at radius 2 is 1.80 bits per heavy atom. The molecule has 0 aliphatic heterocycles. The molecule has 0 bridgehead atoms. The lowest BCUT2D eigenvalue weighted by atomic mass is 9.81. The second-order valence-electron chi connectivity index (χ2n) is 4.56. The smallest absolute Gasteiger partial charge is 0.237 e. The maximum absolute atomic E-state index is 12.4. The molecular weight excluding hydrogens is 272 g/mol. The fourth-order valence-corrected chi connectivity index (χ4v) is 2.46. The first-order valence-electron chi connectivity index (χ1n) is 6.84. The summed E-state index contributed by atoms with van der Waals surface area (Å²) in [5.74, 6) is 0.622. The molecule has 0 saturated carbocycles. The van der Waals surface area contributed by atoms with Crippen LogP contribution in [0, 0.1) is 5.41 Å². The first-order valence-corrected chi connectivity index (χ1v) is 7.25. The minimum Gasteiger partial charge on any atom is -0.494 e. The molecule has 0 saturated heterocycles. The Morgan fingerprint density at radius 1 is 1.25 bits per heavy atom. The zero-order valence-electron chi connectivity index (χ0n) is 12.2. The van der Waals surface area contributed by atoms with Gasteiger partial charge in [-0.1, -0.05) is 26.1 Å². The maximum Gasteiger partial charge on any atom is 0.237 e. The number of ether oxygens (including phenoxy) is 1. The molecule has 0 fully saturated rings.